The number of carbonyl (C=O) groups excluding carboxylic acids is 3. The number of ether oxygens (including phenoxy) is 4. The molecule has 0 fully saturated rings. The maximum Gasteiger partial charge on any atom is 0.300 e. The van der Waals surface area contributed by atoms with Gasteiger partial charge in [-0.3, -0.25) is 19.3 Å². The van der Waals surface area contributed by atoms with E-state index in [0.717, 1.165) is 4.90 Å². The third-order valence-corrected chi connectivity index (χ3v) is 4.91. The first-order valence-corrected chi connectivity index (χ1v) is 9.62. The van der Waals surface area contributed by atoms with Crippen LogP contribution in [-0.4, -0.2) is 51.6 Å². The zero-order valence-corrected chi connectivity index (χ0v) is 18.0. The summed E-state index contributed by atoms with van der Waals surface area (Å²) >= 11 is 0. The Morgan fingerprint density at radius 3 is 2.23 bits per heavy atom. The number of amides is 2. The average Bonchev–Trinajstić information content (AvgIpc) is 3.03. The second-order valence-corrected chi connectivity index (χ2v) is 6.67. The summed E-state index contributed by atoms with van der Waals surface area (Å²) in [7, 11) is 4.19. The molecule has 9 nitrogen and oxygen atoms in total. The third kappa shape index (κ3) is 3.86. The summed E-state index contributed by atoms with van der Waals surface area (Å²) < 4.78 is 21.3. The number of fused-ring (bicyclic) bond motifs is 1. The Bertz CT molecular complexity index is 1020. The number of methoxy groups -OCH3 is 3. The normalized spacial score (nSPS) is 13.5. The van der Waals surface area contributed by atoms with Crippen LogP contribution in [0.5, 0.6) is 23.0 Å². The molecule has 0 spiro atoms. The van der Waals surface area contributed by atoms with Gasteiger partial charge in [0.25, 0.3) is 11.7 Å². The van der Waals surface area contributed by atoms with Gasteiger partial charge in [-0.15, -0.1) is 0 Å². The van der Waals surface area contributed by atoms with E-state index in [2.05, 4.69) is 5.32 Å². The summed E-state index contributed by atoms with van der Waals surface area (Å²) in [6.07, 6.45) is 0. The van der Waals surface area contributed by atoms with Gasteiger partial charge < -0.3 is 24.3 Å². The molecule has 0 bridgehead atoms. The van der Waals surface area contributed by atoms with Crippen molar-refractivity contribution in [1.29, 1.82) is 0 Å². The number of benzene rings is 2. The summed E-state index contributed by atoms with van der Waals surface area (Å²) in [6.45, 7) is 3.95. The first-order chi connectivity index (χ1) is 14.9. The lowest BCUT2D eigenvalue weighted by Gasteiger charge is -2.25. The predicted molar refractivity (Wildman–Crippen MR) is 114 cm³/mol. The van der Waals surface area contributed by atoms with Gasteiger partial charge in [0.15, 0.2) is 11.5 Å². The zero-order valence-electron chi connectivity index (χ0n) is 18.0. The van der Waals surface area contributed by atoms with Gasteiger partial charge in [-0.2, -0.15) is 0 Å². The quantitative estimate of drug-likeness (QED) is 0.645. The molecule has 164 valence electrons. The molecule has 2 aromatic carbocycles. The zero-order chi connectivity index (χ0) is 22.7. The number of nitrogens with one attached hydrogen (secondary N) is 1. The van der Waals surface area contributed by atoms with Crippen molar-refractivity contribution in [3.8, 4) is 23.0 Å². The summed E-state index contributed by atoms with van der Waals surface area (Å²) in [5, 5.41) is 2.75. The summed E-state index contributed by atoms with van der Waals surface area (Å²) in [6, 6.07) is 7.35. The fourth-order valence-electron chi connectivity index (χ4n) is 3.43. The van der Waals surface area contributed by atoms with Crippen molar-refractivity contribution >= 4 is 29.0 Å². The molecule has 1 unspecified atom stereocenters. The first kappa shape index (κ1) is 21.9. The topological polar surface area (TPSA) is 103 Å². The molecule has 0 aromatic heterocycles. The second kappa shape index (κ2) is 8.95. The molecule has 1 aliphatic heterocycles. The highest BCUT2D eigenvalue weighted by Crippen LogP contribution is 2.48. The average molecular weight is 428 g/mol. The molecule has 0 radical (unpaired) electrons. The van der Waals surface area contributed by atoms with Gasteiger partial charge in [0.1, 0.15) is 11.8 Å². The predicted octanol–water partition coefficient (Wildman–Crippen LogP) is 2.67. The van der Waals surface area contributed by atoms with Crippen LogP contribution in [0.3, 0.4) is 0 Å². The maximum atomic E-state index is 12.9. The van der Waals surface area contributed by atoms with Crippen LogP contribution in [0.15, 0.2) is 30.3 Å². The summed E-state index contributed by atoms with van der Waals surface area (Å²) in [5.74, 6) is -0.867. The fourth-order valence-corrected chi connectivity index (χ4v) is 3.43. The van der Waals surface area contributed by atoms with Gasteiger partial charge in [-0.05, 0) is 38.1 Å². The maximum absolute atomic E-state index is 12.9. The van der Waals surface area contributed by atoms with Crippen LogP contribution in [0, 0.1) is 0 Å². The third-order valence-electron chi connectivity index (χ3n) is 4.91. The van der Waals surface area contributed by atoms with E-state index in [1.807, 2.05) is 6.92 Å². The molecular formula is C22H24N2O7. The molecule has 1 heterocycles. The first-order valence-electron chi connectivity index (χ1n) is 9.62. The SMILES string of the molecule is CCOc1ccc(NC(=O)C(C)N2C(=O)C(=O)c3c2cc(OC)c(OC)c3OC)cc1. The molecule has 9 heteroatoms. The van der Waals surface area contributed by atoms with Gasteiger partial charge in [-0.25, -0.2) is 0 Å². The number of carbonyl (C=O) groups is 3. The molecule has 1 atom stereocenters. The van der Waals surface area contributed by atoms with Crippen LogP contribution in [-0.2, 0) is 9.59 Å². The van der Waals surface area contributed by atoms with E-state index in [1.54, 1.807) is 24.3 Å². The number of hydrogen-bond donors (Lipinski definition) is 1. The molecular weight excluding hydrogens is 404 g/mol. The van der Waals surface area contributed by atoms with E-state index < -0.39 is 23.6 Å². The Hall–Kier alpha value is -3.75. The largest absolute Gasteiger partial charge is 0.494 e. The minimum atomic E-state index is -0.980. The number of rotatable bonds is 8. The standard InChI is InChI=1S/C22H24N2O7/c1-6-31-14-9-7-13(8-10-14)23-21(26)12(2)24-15-11-16(28-3)19(29-4)20(30-5)17(15)18(25)22(24)27/h7-12H,6H2,1-5H3,(H,23,26). The van der Waals surface area contributed by atoms with Crippen LogP contribution in [0.1, 0.15) is 24.2 Å². The van der Waals surface area contributed by atoms with Crippen LogP contribution in [0.2, 0.25) is 0 Å². The van der Waals surface area contributed by atoms with Crippen LogP contribution < -0.4 is 29.2 Å². The second-order valence-electron chi connectivity index (χ2n) is 6.67. The van der Waals surface area contributed by atoms with Crippen molar-refractivity contribution in [2.24, 2.45) is 0 Å². The van der Waals surface area contributed by atoms with Gasteiger partial charge >= 0.3 is 0 Å². The van der Waals surface area contributed by atoms with E-state index in [-0.39, 0.29) is 28.5 Å². The van der Waals surface area contributed by atoms with Crippen LogP contribution >= 0.6 is 0 Å². The molecule has 3 rings (SSSR count). The van der Waals surface area contributed by atoms with Gasteiger partial charge in [0, 0.05) is 11.8 Å². The lowest BCUT2D eigenvalue weighted by Crippen LogP contribution is -2.45. The van der Waals surface area contributed by atoms with Gasteiger partial charge in [0.05, 0.1) is 39.2 Å². The Balaban J connectivity index is 1.93. The van der Waals surface area contributed by atoms with E-state index in [0.29, 0.717) is 18.0 Å². The molecule has 0 saturated heterocycles. The molecule has 31 heavy (non-hydrogen) atoms. The highest BCUT2D eigenvalue weighted by molar-refractivity contribution is 6.53. The van der Waals surface area contributed by atoms with E-state index in [9.17, 15) is 14.4 Å². The minimum absolute atomic E-state index is 0.0332. The lowest BCUT2D eigenvalue weighted by molar-refractivity contribution is -0.120. The number of anilines is 2. The molecule has 0 saturated carbocycles. The van der Waals surface area contributed by atoms with Crippen LogP contribution in [0.25, 0.3) is 0 Å². The summed E-state index contributed by atoms with van der Waals surface area (Å²) in [4.78, 5) is 39.5. The lowest BCUT2D eigenvalue weighted by atomic mass is 10.1. The molecule has 1 aliphatic rings. The van der Waals surface area contributed by atoms with Crippen molar-refractivity contribution in [2.75, 3.05) is 38.2 Å². The molecule has 0 aliphatic carbocycles. The van der Waals surface area contributed by atoms with Gasteiger partial charge in [-0.1, -0.05) is 0 Å². The highest BCUT2D eigenvalue weighted by atomic mass is 16.5. The van der Waals surface area contributed by atoms with E-state index >= 15 is 0 Å². The number of hydrogen-bond acceptors (Lipinski definition) is 7. The Morgan fingerprint density at radius 2 is 1.68 bits per heavy atom. The molecule has 2 amide bonds. The van der Waals surface area contributed by atoms with Crippen molar-refractivity contribution in [3.05, 3.63) is 35.9 Å². The Kier molecular flexibility index (Phi) is 6.33. The monoisotopic (exact) mass is 428 g/mol. The molecule has 2 aromatic rings. The Morgan fingerprint density at radius 1 is 1.03 bits per heavy atom. The van der Waals surface area contributed by atoms with Crippen molar-refractivity contribution < 1.29 is 33.3 Å². The smallest absolute Gasteiger partial charge is 0.300 e. The fraction of sp³-hybridized carbons (Fsp3) is 0.318. The van der Waals surface area contributed by atoms with Gasteiger partial charge in [0.2, 0.25) is 11.7 Å². The van der Waals surface area contributed by atoms with Crippen molar-refractivity contribution in [1.82, 2.24) is 0 Å². The van der Waals surface area contributed by atoms with E-state index in [1.165, 1.54) is 34.3 Å². The van der Waals surface area contributed by atoms with Crippen LogP contribution in [0.4, 0.5) is 11.4 Å². The van der Waals surface area contributed by atoms with Crippen molar-refractivity contribution in [2.45, 2.75) is 19.9 Å². The Labute approximate surface area is 179 Å². The molecule has 1 N–H and O–H groups in total. The minimum Gasteiger partial charge on any atom is -0.494 e. The van der Waals surface area contributed by atoms with Crippen molar-refractivity contribution in [3.63, 3.8) is 0 Å². The highest BCUT2D eigenvalue weighted by Gasteiger charge is 2.44. The number of nitrogens with zero attached hydrogens (tertiary/aromatic N) is 1. The summed E-state index contributed by atoms with van der Waals surface area (Å²) in [5.41, 5.74) is 0.785. The number of ketones is 1. The van der Waals surface area contributed by atoms with E-state index in [4.69, 9.17) is 18.9 Å². The number of Topliss-reactive ketones (excluding diaryl/α,β-unsaturated/α-hetero) is 1.